The SMILES string of the molecule is C/C=C/C=C(\O[Si](c1ccccc1)(c1ccccc1)C(C)(C)C)N1C(=O)OC(c2ccccc2)(c2ccccc2)[C@@H]1C(C)C. The van der Waals surface area contributed by atoms with Crippen molar-refractivity contribution >= 4 is 24.8 Å². The number of nitrogens with zero attached hydrogens (tertiary/aromatic N) is 1. The van der Waals surface area contributed by atoms with Gasteiger partial charge in [-0.1, -0.05) is 168 Å². The third kappa shape index (κ3) is 5.41. The molecule has 4 aromatic rings. The van der Waals surface area contributed by atoms with Crippen LogP contribution in [0.15, 0.2) is 145 Å². The van der Waals surface area contributed by atoms with Crippen molar-refractivity contribution in [2.45, 2.75) is 58.2 Å². The Balaban J connectivity index is 1.77. The van der Waals surface area contributed by atoms with E-state index in [9.17, 15) is 4.79 Å². The van der Waals surface area contributed by atoms with Crippen LogP contribution in [0.1, 0.15) is 52.7 Å². The van der Waals surface area contributed by atoms with Crippen molar-refractivity contribution in [2.24, 2.45) is 5.92 Å². The zero-order valence-electron chi connectivity index (χ0n) is 26.6. The maximum atomic E-state index is 14.4. The van der Waals surface area contributed by atoms with Crippen LogP contribution in [0.25, 0.3) is 0 Å². The number of allylic oxidation sites excluding steroid dienone is 3. The first kappa shape index (κ1) is 31.1. The lowest BCUT2D eigenvalue weighted by Gasteiger charge is -2.45. The molecule has 5 rings (SSSR count). The van der Waals surface area contributed by atoms with Crippen LogP contribution in [0, 0.1) is 5.92 Å². The summed E-state index contributed by atoms with van der Waals surface area (Å²) in [5, 5.41) is 1.98. The summed E-state index contributed by atoms with van der Waals surface area (Å²) in [6.45, 7) is 13.0. The lowest BCUT2D eigenvalue weighted by Crippen LogP contribution is -2.67. The molecule has 0 aromatic heterocycles. The van der Waals surface area contributed by atoms with Crippen molar-refractivity contribution in [3.8, 4) is 0 Å². The molecule has 0 radical (unpaired) electrons. The number of rotatable bonds is 9. The fourth-order valence-electron chi connectivity index (χ4n) is 6.68. The second-order valence-electron chi connectivity index (χ2n) is 12.7. The fraction of sp³-hybridized carbons (Fsp3) is 0.256. The van der Waals surface area contributed by atoms with Gasteiger partial charge in [-0.25, -0.2) is 9.69 Å². The molecular formula is C39H43NO3Si. The number of benzene rings is 4. The molecule has 1 amide bonds. The van der Waals surface area contributed by atoms with Crippen molar-refractivity contribution in [1.29, 1.82) is 0 Å². The fourth-order valence-corrected chi connectivity index (χ4v) is 11.1. The predicted octanol–water partition coefficient (Wildman–Crippen LogP) is 8.40. The smallest absolute Gasteiger partial charge is 0.418 e. The van der Waals surface area contributed by atoms with Gasteiger partial charge in [0, 0.05) is 11.1 Å². The van der Waals surface area contributed by atoms with Crippen LogP contribution >= 0.6 is 0 Å². The van der Waals surface area contributed by atoms with E-state index in [0.717, 1.165) is 21.5 Å². The normalized spacial score (nSPS) is 17.2. The first-order chi connectivity index (χ1) is 21.2. The Morgan fingerprint density at radius 2 is 1.23 bits per heavy atom. The van der Waals surface area contributed by atoms with Gasteiger partial charge in [0.1, 0.15) is 0 Å². The Kier molecular flexibility index (Phi) is 8.98. The van der Waals surface area contributed by atoms with Gasteiger partial charge in [0.25, 0.3) is 0 Å². The Bertz CT molecular complexity index is 1510. The number of carbonyl (C=O) groups is 1. The van der Waals surface area contributed by atoms with Crippen LogP contribution in [-0.4, -0.2) is 25.4 Å². The highest BCUT2D eigenvalue weighted by atomic mass is 28.4. The van der Waals surface area contributed by atoms with Crippen LogP contribution in [-0.2, 0) is 14.8 Å². The van der Waals surface area contributed by atoms with Gasteiger partial charge in [0.15, 0.2) is 11.5 Å². The summed E-state index contributed by atoms with van der Waals surface area (Å²) >= 11 is 0. The molecule has 5 heteroatoms. The summed E-state index contributed by atoms with van der Waals surface area (Å²) in [6, 6.07) is 40.8. The molecule has 1 aliphatic heterocycles. The molecule has 44 heavy (non-hydrogen) atoms. The molecular weight excluding hydrogens is 559 g/mol. The van der Waals surface area contributed by atoms with E-state index in [1.54, 1.807) is 4.90 Å². The minimum absolute atomic E-state index is 0.0126. The molecule has 1 atom stereocenters. The lowest BCUT2D eigenvalue weighted by atomic mass is 9.76. The van der Waals surface area contributed by atoms with E-state index in [2.05, 4.69) is 107 Å². The Morgan fingerprint density at radius 1 is 0.795 bits per heavy atom. The van der Waals surface area contributed by atoms with Crippen molar-refractivity contribution in [3.63, 3.8) is 0 Å². The molecule has 1 aliphatic rings. The number of carbonyl (C=O) groups excluding carboxylic acids is 1. The summed E-state index contributed by atoms with van der Waals surface area (Å²) in [7, 11) is -3.08. The zero-order valence-corrected chi connectivity index (χ0v) is 27.6. The molecule has 0 aliphatic carbocycles. The molecule has 0 spiro atoms. The second-order valence-corrected chi connectivity index (χ2v) is 16.9. The van der Waals surface area contributed by atoms with Gasteiger partial charge in [0.05, 0.1) is 6.04 Å². The van der Waals surface area contributed by atoms with Gasteiger partial charge in [-0.3, -0.25) is 0 Å². The standard InChI is InChI=1S/C39H43NO3Si/c1-7-8-29-35(43-44(38(4,5)6,33-25-17-11-18-26-33)34-27-19-12-20-28-34)40-36(30(2)3)39(42-37(40)41,31-21-13-9-14-22-31)32-23-15-10-16-24-32/h7-30,36H,1-6H3/b8-7+,35-29-/t36-/m0/s1. The van der Waals surface area contributed by atoms with Gasteiger partial charge >= 0.3 is 14.4 Å². The van der Waals surface area contributed by atoms with Crippen LogP contribution in [0.5, 0.6) is 0 Å². The van der Waals surface area contributed by atoms with E-state index in [0.29, 0.717) is 5.88 Å². The van der Waals surface area contributed by atoms with E-state index >= 15 is 0 Å². The number of amides is 1. The average molecular weight is 602 g/mol. The van der Waals surface area contributed by atoms with Crippen molar-refractivity contribution in [2.75, 3.05) is 0 Å². The summed E-state index contributed by atoms with van der Waals surface area (Å²) < 4.78 is 14.2. The van der Waals surface area contributed by atoms with E-state index in [-0.39, 0.29) is 11.0 Å². The highest BCUT2D eigenvalue weighted by molar-refractivity contribution is 6.99. The van der Waals surface area contributed by atoms with E-state index < -0.39 is 26.1 Å². The van der Waals surface area contributed by atoms with Crippen molar-refractivity contribution in [3.05, 3.63) is 157 Å². The van der Waals surface area contributed by atoms with Crippen LogP contribution in [0.2, 0.25) is 5.04 Å². The first-order valence-corrected chi connectivity index (χ1v) is 17.3. The molecule has 0 N–H and O–H groups in total. The number of cyclic esters (lactones) is 1. The van der Waals surface area contributed by atoms with E-state index in [4.69, 9.17) is 9.16 Å². The zero-order chi connectivity index (χ0) is 31.4. The van der Waals surface area contributed by atoms with E-state index in [1.165, 1.54) is 0 Å². The monoisotopic (exact) mass is 601 g/mol. The summed E-state index contributed by atoms with van der Waals surface area (Å²) in [5.74, 6) is 0.508. The third-order valence-corrected chi connectivity index (χ3v) is 13.4. The third-order valence-electron chi connectivity index (χ3n) is 8.52. The van der Waals surface area contributed by atoms with Gasteiger partial charge in [0.2, 0.25) is 0 Å². The van der Waals surface area contributed by atoms with Crippen LogP contribution in [0.4, 0.5) is 4.79 Å². The highest BCUT2D eigenvalue weighted by Gasteiger charge is 2.60. The van der Waals surface area contributed by atoms with Gasteiger partial charge < -0.3 is 9.16 Å². The maximum Gasteiger partial charge on any atom is 0.418 e. The Labute approximate surface area is 263 Å². The number of hydrogen-bond donors (Lipinski definition) is 0. The van der Waals surface area contributed by atoms with Crippen molar-refractivity contribution in [1.82, 2.24) is 4.90 Å². The van der Waals surface area contributed by atoms with Gasteiger partial charge in [-0.15, -0.1) is 0 Å². The minimum Gasteiger partial charge on any atom is -0.522 e. The molecule has 1 fully saturated rings. The van der Waals surface area contributed by atoms with Gasteiger partial charge in [-0.05, 0) is 34.3 Å². The number of ether oxygens (including phenoxy) is 1. The highest BCUT2D eigenvalue weighted by Crippen LogP contribution is 2.49. The number of hydrogen-bond acceptors (Lipinski definition) is 3. The summed E-state index contributed by atoms with van der Waals surface area (Å²) in [5.41, 5.74) is 0.811. The molecule has 0 saturated carbocycles. The molecule has 226 valence electrons. The summed E-state index contributed by atoms with van der Waals surface area (Å²) in [6.07, 6.45) is 5.41. The van der Waals surface area contributed by atoms with Crippen LogP contribution in [0.3, 0.4) is 0 Å². The quantitative estimate of drug-likeness (QED) is 0.110. The predicted molar refractivity (Wildman–Crippen MR) is 182 cm³/mol. The van der Waals surface area contributed by atoms with E-state index in [1.807, 2.05) is 73.7 Å². The lowest BCUT2D eigenvalue weighted by molar-refractivity contribution is 0.0542. The molecule has 4 aromatic carbocycles. The van der Waals surface area contributed by atoms with Crippen molar-refractivity contribution < 1.29 is 14.0 Å². The summed E-state index contributed by atoms with van der Waals surface area (Å²) in [4.78, 5) is 16.2. The molecule has 1 saturated heterocycles. The van der Waals surface area contributed by atoms with Gasteiger partial charge in [-0.2, -0.15) is 0 Å². The largest absolute Gasteiger partial charge is 0.522 e. The topological polar surface area (TPSA) is 38.8 Å². The average Bonchev–Trinajstić information content (AvgIpc) is 3.36. The molecule has 4 nitrogen and oxygen atoms in total. The second kappa shape index (κ2) is 12.7. The maximum absolute atomic E-state index is 14.4. The first-order valence-electron chi connectivity index (χ1n) is 15.4. The molecule has 0 unspecified atom stereocenters. The molecule has 1 heterocycles. The Hall–Kier alpha value is -4.35. The Morgan fingerprint density at radius 3 is 1.61 bits per heavy atom. The minimum atomic E-state index is -3.08. The van der Waals surface area contributed by atoms with Crippen LogP contribution < -0.4 is 10.4 Å². The molecule has 0 bridgehead atoms.